The van der Waals surface area contributed by atoms with E-state index in [1.54, 1.807) is 29.0 Å². The summed E-state index contributed by atoms with van der Waals surface area (Å²) in [4.78, 5) is 13.9. The number of aromatic nitrogens is 2. The third-order valence-corrected chi connectivity index (χ3v) is 3.39. The van der Waals surface area contributed by atoms with Crippen molar-refractivity contribution in [2.75, 3.05) is 13.6 Å². The third-order valence-electron chi connectivity index (χ3n) is 3.39. The molecule has 0 saturated carbocycles. The largest absolute Gasteiger partial charge is 0.338 e. The number of benzene rings is 1. The summed E-state index contributed by atoms with van der Waals surface area (Å²) >= 11 is 0. The van der Waals surface area contributed by atoms with Crippen molar-refractivity contribution in [1.29, 1.82) is 0 Å². The minimum atomic E-state index is -0.0535. The summed E-state index contributed by atoms with van der Waals surface area (Å²) in [6, 6.07) is 10.0. The number of carbonyl (C=O) groups excluding carboxylic acids is 1. The summed E-state index contributed by atoms with van der Waals surface area (Å²) < 4.78 is 1.77. The van der Waals surface area contributed by atoms with Crippen LogP contribution >= 0.6 is 0 Å². The lowest BCUT2D eigenvalue weighted by molar-refractivity contribution is 0.0748. The average Bonchev–Trinajstić information content (AvgIpc) is 2.94. The van der Waals surface area contributed by atoms with Crippen molar-refractivity contribution >= 4 is 5.91 Å². The molecule has 0 radical (unpaired) electrons. The summed E-state index contributed by atoms with van der Waals surface area (Å²) in [7, 11) is 1.76. The van der Waals surface area contributed by atoms with Crippen molar-refractivity contribution in [1.82, 2.24) is 14.7 Å². The SMILES string of the molecule is CC(CN)N(C)C(=O)c1cnn(Cc2ccccc2)c1. The van der Waals surface area contributed by atoms with E-state index in [0.29, 0.717) is 18.7 Å². The van der Waals surface area contributed by atoms with Crippen molar-refractivity contribution in [2.24, 2.45) is 5.73 Å². The Bertz CT molecular complexity index is 564. The Kier molecular flexibility index (Phi) is 4.53. The molecule has 2 N–H and O–H groups in total. The highest BCUT2D eigenvalue weighted by molar-refractivity contribution is 5.93. The van der Waals surface area contributed by atoms with Gasteiger partial charge in [-0.2, -0.15) is 5.10 Å². The standard InChI is InChI=1S/C15H20N4O/c1-12(8-16)18(2)15(20)14-9-17-19(11-14)10-13-6-4-3-5-7-13/h3-7,9,11-12H,8,10,16H2,1-2H3. The van der Waals surface area contributed by atoms with Gasteiger partial charge in [0.15, 0.2) is 0 Å². The molecule has 1 amide bonds. The lowest BCUT2D eigenvalue weighted by Gasteiger charge is -2.22. The monoisotopic (exact) mass is 272 g/mol. The molecule has 0 bridgehead atoms. The normalized spacial score (nSPS) is 12.2. The van der Waals surface area contributed by atoms with Crippen LogP contribution in [0.5, 0.6) is 0 Å². The van der Waals surface area contributed by atoms with Crippen molar-refractivity contribution in [3.63, 3.8) is 0 Å². The number of nitrogens with zero attached hydrogens (tertiary/aromatic N) is 3. The summed E-state index contributed by atoms with van der Waals surface area (Å²) in [5, 5.41) is 4.24. The Morgan fingerprint density at radius 3 is 2.75 bits per heavy atom. The molecule has 0 saturated heterocycles. The Morgan fingerprint density at radius 2 is 2.10 bits per heavy atom. The maximum atomic E-state index is 12.2. The molecule has 0 aliphatic heterocycles. The van der Waals surface area contributed by atoms with Gasteiger partial charge in [0.2, 0.25) is 0 Å². The minimum Gasteiger partial charge on any atom is -0.338 e. The van der Waals surface area contributed by atoms with E-state index in [9.17, 15) is 4.79 Å². The molecule has 20 heavy (non-hydrogen) atoms. The van der Waals surface area contributed by atoms with E-state index in [4.69, 9.17) is 5.73 Å². The maximum Gasteiger partial charge on any atom is 0.257 e. The summed E-state index contributed by atoms with van der Waals surface area (Å²) in [5.74, 6) is -0.0535. The molecule has 2 rings (SSSR count). The molecule has 1 aromatic carbocycles. The Balaban J connectivity index is 2.07. The predicted octanol–water partition coefficient (Wildman–Crippen LogP) is 1.35. The second-order valence-electron chi connectivity index (χ2n) is 4.91. The van der Waals surface area contributed by atoms with Crippen LogP contribution in [0.2, 0.25) is 0 Å². The summed E-state index contributed by atoms with van der Waals surface area (Å²) in [5.41, 5.74) is 7.32. The molecule has 106 valence electrons. The fourth-order valence-corrected chi connectivity index (χ4v) is 1.89. The van der Waals surface area contributed by atoms with Crippen LogP contribution in [0.1, 0.15) is 22.8 Å². The number of hydrogen-bond acceptors (Lipinski definition) is 3. The van der Waals surface area contributed by atoms with Gasteiger partial charge in [0.25, 0.3) is 5.91 Å². The van der Waals surface area contributed by atoms with Crippen LogP contribution in [0.25, 0.3) is 0 Å². The van der Waals surface area contributed by atoms with E-state index in [1.807, 2.05) is 37.3 Å². The van der Waals surface area contributed by atoms with Gasteiger partial charge in [-0.05, 0) is 12.5 Å². The number of hydrogen-bond donors (Lipinski definition) is 1. The van der Waals surface area contributed by atoms with E-state index in [0.717, 1.165) is 5.56 Å². The van der Waals surface area contributed by atoms with Gasteiger partial charge in [-0.25, -0.2) is 0 Å². The first kappa shape index (κ1) is 14.3. The maximum absolute atomic E-state index is 12.2. The fraction of sp³-hybridized carbons (Fsp3) is 0.333. The van der Waals surface area contributed by atoms with Gasteiger partial charge < -0.3 is 10.6 Å². The Hall–Kier alpha value is -2.14. The zero-order valence-corrected chi connectivity index (χ0v) is 11.9. The number of rotatable bonds is 5. The van der Waals surface area contributed by atoms with Gasteiger partial charge in [0.05, 0.1) is 18.3 Å². The lowest BCUT2D eigenvalue weighted by atomic mass is 10.2. The second-order valence-corrected chi connectivity index (χ2v) is 4.91. The third kappa shape index (κ3) is 3.24. The van der Waals surface area contributed by atoms with Gasteiger partial charge in [-0.15, -0.1) is 0 Å². The predicted molar refractivity (Wildman–Crippen MR) is 78.4 cm³/mol. The van der Waals surface area contributed by atoms with Gasteiger partial charge in [0, 0.05) is 25.8 Å². The number of amides is 1. The van der Waals surface area contributed by atoms with Gasteiger partial charge >= 0.3 is 0 Å². The lowest BCUT2D eigenvalue weighted by Crippen LogP contribution is -2.39. The highest BCUT2D eigenvalue weighted by Gasteiger charge is 2.17. The van der Waals surface area contributed by atoms with Crippen molar-refractivity contribution in [2.45, 2.75) is 19.5 Å². The Labute approximate surface area is 119 Å². The molecule has 1 atom stereocenters. The molecule has 1 unspecified atom stereocenters. The fourth-order valence-electron chi connectivity index (χ4n) is 1.89. The highest BCUT2D eigenvalue weighted by atomic mass is 16.2. The molecule has 2 aromatic rings. The van der Waals surface area contributed by atoms with Crippen molar-refractivity contribution in [3.05, 3.63) is 53.9 Å². The van der Waals surface area contributed by atoms with Gasteiger partial charge in [-0.1, -0.05) is 30.3 Å². The van der Waals surface area contributed by atoms with Crippen LogP contribution in [0.15, 0.2) is 42.7 Å². The van der Waals surface area contributed by atoms with E-state index in [-0.39, 0.29) is 11.9 Å². The van der Waals surface area contributed by atoms with E-state index in [1.165, 1.54) is 0 Å². The zero-order valence-electron chi connectivity index (χ0n) is 11.9. The zero-order chi connectivity index (χ0) is 14.5. The van der Waals surface area contributed by atoms with E-state index < -0.39 is 0 Å². The average molecular weight is 272 g/mol. The molecule has 1 heterocycles. The molecule has 1 aromatic heterocycles. The smallest absolute Gasteiger partial charge is 0.257 e. The van der Waals surface area contributed by atoms with Crippen LogP contribution in [-0.4, -0.2) is 40.2 Å². The van der Waals surface area contributed by atoms with Crippen molar-refractivity contribution in [3.8, 4) is 0 Å². The van der Waals surface area contributed by atoms with Gasteiger partial charge in [0.1, 0.15) is 0 Å². The quantitative estimate of drug-likeness (QED) is 0.893. The molecular formula is C15H20N4O. The first-order chi connectivity index (χ1) is 9.61. The van der Waals surface area contributed by atoms with Crippen LogP contribution in [0, 0.1) is 0 Å². The summed E-state index contributed by atoms with van der Waals surface area (Å²) in [6.07, 6.45) is 3.38. The number of likely N-dealkylation sites (N-methyl/N-ethyl adjacent to an activating group) is 1. The van der Waals surface area contributed by atoms with Gasteiger partial charge in [-0.3, -0.25) is 9.48 Å². The minimum absolute atomic E-state index is 0.0139. The first-order valence-corrected chi connectivity index (χ1v) is 6.65. The summed E-state index contributed by atoms with van der Waals surface area (Å²) in [6.45, 7) is 3.02. The highest BCUT2D eigenvalue weighted by Crippen LogP contribution is 2.07. The van der Waals surface area contributed by atoms with Crippen LogP contribution in [-0.2, 0) is 6.54 Å². The van der Waals surface area contributed by atoms with E-state index >= 15 is 0 Å². The molecule has 5 nitrogen and oxygen atoms in total. The molecule has 0 spiro atoms. The number of carbonyl (C=O) groups is 1. The molecule has 0 fully saturated rings. The van der Waals surface area contributed by atoms with Crippen LogP contribution < -0.4 is 5.73 Å². The molecular weight excluding hydrogens is 252 g/mol. The Morgan fingerprint density at radius 1 is 1.40 bits per heavy atom. The van der Waals surface area contributed by atoms with Crippen LogP contribution in [0.4, 0.5) is 0 Å². The second kappa shape index (κ2) is 6.34. The molecule has 0 aliphatic carbocycles. The van der Waals surface area contributed by atoms with Crippen molar-refractivity contribution < 1.29 is 4.79 Å². The number of nitrogens with two attached hydrogens (primary N) is 1. The topological polar surface area (TPSA) is 64.2 Å². The van der Waals surface area contributed by atoms with Crippen LogP contribution in [0.3, 0.4) is 0 Å². The van der Waals surface area contributed by atoms with E-state index in [2.05, 4.69) is 5.10 Å². The molecule has 0 aliphatic rings. The molecule has 5 heteroatoms. The first-order valence-electron chi connectivity index (χ1n) is 6.65.